The number of rotatable bonds is 10. The van der Waals surface area contributed by atoms with Gasteiger partial charge in [-0.05, 0) is 30.5 Å². The zero-order chi connectivity index (χ0) is 19.3. The molecule has 1 rings (SSSR count). The Labute approximate surface area is 219 Å². The van der Waals surface area contributed by atoms with Crippen molar-refractivity contribution >= 4 is 5.91 Å². The van der Waals surface area contributed by atoms with Crippen molar-refractivity contribution in [1.29, 1.82) is 0 Å². The molecule has 5 heteroatoms. The number of quaternary nitrogens is 1. The smallest absolute Gasteiger partial charge is 0.508 e. The van der Waals surface area contributed by atoms with E-state index in [9.17, 15) is 4.79 Å². The molecule has 1 aromatic rings. The minimum absolute atomic E-state index is 0. The number of unbranched alkanes of at least 4 members (excludes halogenated alkanes) is 2. The second kappa shape index (κ2) is 31.8. The molecular formula is C23H45KN2O2-2. The molecular weight excluding hydrogens is 375 g/mol. The minimum Gasteiger partial charge on any atom is -0.508 e. The molecule has 0 atom stereocenters. The summed E-state index contributed by atoms with van der Waals surface area (Å²) in [5.74, 6) is 0.365. The number of hydrogen-bond acceptors (Lipinski definition) is 2. The first-order chi connectivity index (χ1) is 12.1. The molecule has 0 aliphatic carbocycles. The molecule has 0 saturated carbocycles. The Balaban J connectivity index is -0.000000174. The molecule has 1 amide bonds. The normalized spacial score (nSPS) is 8.32. The zero-order valence-electron chi connectivity index (χ0n) is 19.7. The maximum absolute atomic E-state index is 11.4. The van der Waals surface area contributed by atoms with Crippen LogP contribution in [0.5, 0.6) is 5.75 Å². The van der Waals surface area contributed by atoms with Gasteiger partial charge in [0.25, 0.3) is 0 Å². The first-order valence-electron chi connectivity index (χ1n) is 9.63. The molecule has 4 N–H and O–H groups in total. The van der Waals surface area contributed by atoms with Gasteiger partial charge in [-0.25, -0.2) is 6.54 Å². The number of carbonyl (C=O) groups is 1. The van der Waals surface area contributed by atoms with E-state index in [-0.39, 0.29) is 72.1 Å². The molecule has 0 aliphatic heterocycles. The largest absolute Gasteiger partial charge is 1.00 e. The van der Waals surface area contributed by atoms with Crippen LogP contribution < -0.4 is 62.0 Å². The van der Waals surface area contributed by atoms with Crippen molar-refractivity contribution in [3.05, 3.63) is 58.2 Å². The van der Waals surface area contributed by atoms with Crippen LogP contribution in [0.1, 0.15) is 65.4 Å². The first-order valence-corrected chi connectivity index (χ1v) is 9.63. The molecule has 0 fully saturated rings. The summed E-state index contributed by atoms with van der Waals surface area (Å²) in [6.07, 6.45) is 6.17. The summed E-state index contributed by atoms with van der Waals surface area (Å²) < 4.78 is 0. The van der Waals surface area contributed by atoms with Crippen LogP contribution in [0.4, 0.5) is 0 Å². The Morgan fingerprint density at radius 3 is 2.14 bits per heavy atom. The van der Waals surface area contributed by atoms with E-state index in [0.717, 1.165) is 38.6 Å². The van der Waals surface area contributed by atoms with Gasteiger partial charge in [0.05, 0.1) is 6.54 Å². The van der Waals surface area contributed by atoms with Crippen molar-refractivity contribution in [3.8, 4) is 5.75 Å². The summed E-state index contributed by atoms with van der Waals surface area (Å²) in [6.45, 7) is 15.2. The maximum Gasteiger partial charge on any atom is 1.00 e. The summed E-state index contributed by atoms with van der Waals surface area (Å²) in [6, 6.07) is 7.25. The third kappa shape index (κ3) is 28.3. The fraction of sp³-hybridized carbons (Fsp3) is 0.522. The van der Waals surface area contributed by atoms with Crippen LogP contribution in [0.15, 0.2) is 24.3 Å². The Kier molecular flexibility index (Phi) is 43.9. The number of nitrogens with two attached hydrogens (primary N) is 1. The van der Waals surface area contributed by atoms with Crippen LogP contribution in [-0.2, 0) is 11.2 Å². The summed E-state index contributed by atoms with van der Waals surface area (Å²) in [4.78, 5) is 11.4. The summed E-state index contributed by atoms with van der Waals surface area (Å²) in [5.41, 5.74) is 1.20. The summed E-state index contributed by atoms with van der Waals surface area (Å²) >= 11 is 0. The van der Waals surface area contributed by atoms with Crippen molar-refractivity contribution < 1.29 is 66.6 Å². The van der Waals surface area contributed by atoms with Crippen molar-refractivity contribution in [1.82, 2.24) is 5.32 Å². The van der Waals surface area contributed by atoms with E-state index < -0.39 is 0 Å². The topological polar surface area (TPSA) is 65.9 Å². The Morgan fingerprint density at radius 1 is 1.14 bits per heavy atom. The standard InChI is InChI=1S/C15H23N2O2.C4H9.C2H6.2CH3.K/c1-2-10-16-12-15(19)17-11-4-3-5-13-6-8-14(18)9-7-13;1-3-4-2;1-2;;;/h6-9,11,16,18H,2-5,10,12H2,1H3,(H,17,19);1,3-4H2,2H3;1-2H3;2*1H3;/q2*-1;;2*-1;+1/p+1. The SMILES string of the molecule is CC.CCC[NH2+]CC(=O)N[CH-]CCCc1ccc(O)cc1.[CH2-]CCC.[CH3-].[CH3-].[K+]. The zero-order valence-corrected chi connectivity index (χ0v) is 22.8. The molecule has 1 aromatic carbocycles. The van der Waals surface area contributed by atoms with Crippen molar-refractivity contribution in [2.75, 3.05) is 13.1 Å². The third-order valence-electron chi connectivity index (χ3n) is 3.19. The van der Waals surface area contributed by atoms with Crippen molar-refractivity contribution in [2.24, 2.45) is 0 Å². The predicted octanol–water partition coefficient (Wildman–Crippen LogP) is 1.52. The Bertz CT molecular complexity index is 396. The monoisotopic (exact) mass is 420 g/mol. The number of aryl methyl sites for hydroxylation is 1. The van der Waals surface area contributed by atoms with Gasteiger partial charge in [0.1, 0.15) is 5.75 Å². The van der Waals surface area contributed by atoms with E-state index in [1.54, 1.807) is 12.1 Å². The average Bonchev–Trinajstić information content (AvgIpc) is 2.65. The van der Waals surface area contributed by atoms with Crippen LogP contribution >= 0.6 is 0 Å². The number of phenols is 1. The molecule has 0 bridgehead atoms. The van der Waals surface area contributed by atoms with Gasteiger partial charge < -0.3 is 37.5 Å². The number of amides is 1. The predicted molar refractivity (Wildman–Crippen MR) is 120 cm³/mol. The second-order valence-corrected chi connectivity index (χ2v) is 5.47. The van der Waals surface area contributed by atoms with Gasteiger partial charge in [-0.3, -0.25) is 4.79 Å². The van der Waals surface area contributed by atoms with Gasteiger partial charge >= 0.3 is 51.4 Å². The second-order valence-electron chi connectivity index (χ2n) is 5.47. The first kappa shape index (κ1) is 38.7. The molecule has 0 radical (unpaired) electrons. The summed E-state index contributed by atoms with van der Waals surface area (Å²) in [5, 5.41) is 14.0. The van der Waals surface area contributed by atoms with Gasteiger partial charge in [-0.2, -0.15) is 12.8 Å². The molecule has 162 valence electrons. The van der Waals surface area contributed by atoms with E-state index in [4.69, 9.17) is 5.11 Å². The average molecular weight is 421 g/mol. The van der Waals surface area contributed by atoms with Crippen LogP contribution in [0.3, 0.4) is 0 Å². The quantitative estimate of drug-likeness (QED) is 0.305. The fourth-order valence-electron chi connectivity index (χ4n) is 1.75. The fourth-order valence-corrected chi connectivity index (χ4v) is 1.75. The number of aromatic hydroxyl groups is 1. The van der Waals surface area contributed by atoms with Gasteiger partial charge in [-0.15, -0.1) is 0 Å². The van der Waals surface area contributed by atoms with E-state index in [1.807, 2.05) is 37.8 Å². The molecule has 0 saturated heterocycles. The van der Waals surface area contributed by atoms with Crippen LogP contribution in [0.25, 0.3) is 0 Å². The Hall–Kier alpha value is 0.0864. The van der Waals surface area contributed by atoms with Crippen molar-refractivity contribution in [3.63, 3.8) is 0 Å². The minimum atomic E-state index is 0. The Morgan fingerprint density at radius 2 is 1.68 bits per heavy atom. The van der Waals surface area contributed by atoms with Crippen molar-refractivity contribution in [2.45, 2.75) is 66.2 Å². The maximum atomic E-state index is 11.4. The molecule has 0 heterocycles. The number of phenolic OH excluding ortho intramolecular Hbond substituents is 1. The molecule has 0 unspecified atom stereocenters. The molecule has 0 aliphatic rings. The third-order valence-corrected chi connectivity index (χ3v) is 3.19. The van der Waals surface area contributed by atoms with E-state index >= 15 is 0 Å². The molecule has 0 aromatic heterocycles. The van der Waals surface area contributed by atoms with Crippen LogP contribution in [0.2, 0.25) is 0 Å². The molecule has 4 nitrogen and oxygen atoms in total. The van der Waals surface area contributed by atoms with Gasteiger partial charge in [0.15, 0.2) is 6.54 Å². The summed E-state index contributed by atoms with van der Waals surface area (Å²) in [7, 11) is 0. The number of hydrogen-bond donors (Lipinski definition) is 3. The van der Waals surface area contributed by atoms with Crippen LogP contribution in [-0.4, -0.2) is 24.1 Å². The molecule has 28 heavy (non-hydrogen) atoms. The van der Waals surface area contributed by atoms with Gasteiger partial charge in [0.2, 0.25) is 5.91 Å². The molecule has 0 spiro atoms. The van der Waals surface area contributed by atoms with Gasteiger partial charge in [-0.1, -0.05) is 52.7 Å². The van der Waals surface area contributed by atoms with E-state index in [0.29, 0.717) is 12.3 Å². The number of nitrogens with one attached hydrogen (secondary N) is 1. The number of carbonyl (C=O) groups excluding carboxylic acids is 1. The van der Waals surface area contributed by atoms with Gasteiger partial charge in [0, 0.05) is 0 Å². The van der Waals surface area contributed by atoms with E-state index in [1.165, 1.54) is 12.0 Å². The number of benzene rings is 1. The van der Waals surface area contributed by atoms with Crippen LogP contribution in [0, 0.1) is 28.3 Å². The van der Waals surface area contributed by atoms with E-state index in [2.05, 4.69) is 26.1 Å².